The highest BCUT2D eigenvalue weighted by molar-refractivity contribution is 7.99. The molecule has 222 valence electrons. The van der Waals surface area contributed by atoms with Crippen molar-refractivity contribution in [2.45, 2.75) is 38.5 Å². The van der Waals surface area contributed by atoms with Crippen LogP contribution in [0.3, 0.4) is 0 Å². The Labute approximate surface area is 256 Å². The molecule has 0 aliphatic carbocycles. The molecule has 43 heavy (non-hydrogen) atoms. The number of rotatable bonds is 10. The van der Waals surface area contributed by atoms with E-state index in [1.807, 2.05) is 87.5 Å². The van der Waals surface area contributed by atoms with Crippen molar-refractivity contribution in [3.63, 3.8) is 0 Å². The van der Waals surface area contributed by atoms with E-state index in [2.05, 4.69) is 25.2 Å². The van der Waals surface area contributed by atoms with Crippen molar-refractivity contribution >= 4 is 35.0 Å². The number of nitrogens with one attached hydrogen (secondary N) is 1. The van der Waals surface area contributed by atoms with Gasteiger partial charge in [0.15, 0.2) is 5.16 Å². The normalized spacial score (nSPS) is 13.8. The molecule has 9 nitrogen and oxygen atoms in total. The van der Waals surface area contributed by atoms with Gasteiger partial charge in [-0.05, 0) is 68.3 Å². The monoisotopic (exact) mass is 596 g/mol. The van der Waals surface area contributed by atoms with Gasteiger partial charge in [0.05, 0.1) is 19.0 Å². The van der Waals surface area contributed by atoms with Gasteiger partial charge in [0, 0.05) is 54.8 Å². The fourth-order valence-corrected chi connectivity index (χ4v) is 5.82. The third kappa shape index (κ3) is 8.18. The van der Waals surface area contributed by atoms with Gasteiger partial charge in [0.1, 0.15) is 6.04 Å². The smallest absolute Gasteiger partial charge is 0.251 e. The fourth-order valence-electron chi connectivity index (χ4n) is 4.99. The second kappa shape index (κ2) is 14.3. The van der Waals surface area contributed by atoms with Gasteiger partial charge in [-0.25, -0.2) is 9.97 Å². The van der Waals surface area contributed by atoms with E-state index in [-0.39, 0.29) is 24.1 Å². The number of carbonyl (C=O) groups is 2. The van der Waals surface area contributed by atoms with Gasteiger partial charge in [0.2, 0.25) is 5.91 Å². The summed E-state index contributed by atoms with van der Waals surface area (Å²) in [6.45, 7) is 9.07. The maximum atomic E-state index is 14.1. The van der Waals surface area contributed by atoms with Gasteiger partial charge in [-0.3, -0.25) is 14.6 Å². The summed E-state index contributed by atoms with van der Waals surface area (Å²) in [5, 5.41) is 3.60. The molecule has 1 saturated heterocycles. The largest absolute Gasteiger partial charge is 0.378 e. The van der Waals surface area contributed by atoms with E-state index in [0.717, 1.165) is 46.9 Å². The topological polar surface area (TPSA) is 101 Å². The van der Waals surface area contributed by atoms with Crippen LogP contribution >= 0.6 is 11.8 Å². The number of hydrogen-bond donors (Lipinski definition) is 1. The molecular weight excluding hydrogens is 560 g/mol. The summed E-state index contributed by atoms with van der Waals surface area (Å²) >= 11 is 1.27. The number of benzene rings is 2. The van der Waals surface area contributed by atoms with Gasteiger partial charge in [0.25, 0.3) is 5.91 Å². The molecule has 1 aliphatic heterocycles. The third-order valence-corrected chi connectivity index (χ3v) is 7.98. The van der Waals surface area contributed by atoms with E-state index in [0.29, 0.717) is 24.1 Å². The van der Waals surface area contributed by atoms with E-state index in [4.69, 9.17) is 4.74 Å². The molecule has 2 aromatic carbocycles. The number of morpholine rings is 1. The number of thioether (sulfide) groups is 1. The van der Waals surface area contributed by atoms with Crippen LogP contribution in [-0.4, -0.2) is 63.7 Å². The Hall–Kier alpha value is -4.28. The van der Waals surface area contributed by atoms with Crippen LogP contribution in [0.1, 0.15) is 34.1 Å². The number of ether oxygens (including phenoxy) is 1. The van der Waals surface area contributed by atoms with Crippen molar-refractivity contribution in [3.8, 4) is 0 Å². The van der Waals surface area contributed by atoms with Crippen LogP contribution in [0, 0.1) is 20.8 Å². The molecule has 0 spiro atoms. The number of pyridine rings is 1. The van der Waals surface area contributed by atoms with Crippen LogP contribution in [0.25, 0.3) is 0 Å². The average Bonchev–Trinajstić information content (AvgIpc) is 3.01. The number of amides is 2. The molecule has 1 unspecified atom stereocenters. The Bertz CT molecular complexity index is 1510. The van der Waals surface area contributed by atoms with Crippen LogP contribution < -0.4 is 10.2 Å². The summed E-state index contributed by atoms with van der Waals surface area (Å²) in [4.78, 5) is 45.2. The van der Waals surface area contributed by atoms with Gasteiger partial charge < -0.3 is 19.9 Å². The van der Waals surface area contributed by atoms with Gasteiger partial charge in [-0.1, -0.05) is 47.7 Å². The minimum atomic E-state index is -0.881. The average molecular weight is 597 g/mol. The van der Waals surface area contributed by atoms with Crippen molar-refractivity contribution in [1.82, 2.24) is 19.9 Å². The lowest BCUT2D eigenvalue weighted by Crippen LogP contribution is -2.42. The van der Waals surface area contributed by atoms with Crippen molar-refractivity contribution < 1.29 is 14.3 Å². The van der Waals surface area contributed by atoms with E-state index in [1.54, 1.807) is 17.3 Å². The van der Waals surface area contributed by atoms with Crippen molar-refractivity contribution in [2.24, 2.45) is 0 Å². The molecule has 2 aromatic heterocycles. The third-order valence-electron chi connectivity index (χ3n) is 7.15. The molecule has 1 N–H and O–H groups in total. The van der Waals surface area contributed by atoms with Crippen LogP contribution in [0.5, 0.6) is 0 Å². The van der Waals surface area contributed by atoms with Crippen LogP contribution in [0.15, 0.2) is 84.3 Å². The highest BCUT2D eigenvalue weighted by Gasteiger charge is 2.32. The Morgan fingerprint density at radius 2 is 1.67 bits per heavy atom. The zero-order chi connectivity index (χ0) is 30.2. The number of aromatic nitrogens is 3. The zero-order valence-electron chi connectivity index (χ0n) is 24.7. The number of hydrogen-bond acceptors (Lipinski definition) is 8. The molecule has 0 radical (unpaired) electrons. The Morgan fingerprint density at radius 3 is 2.33 bits per heavy atom. The van der Waals surface area contributed by atoms with Crippen LogP contribution in [-0.2, 0) is 20.9 Å². The number of anilines is 2. The first-order valence-electron chi connectivity index (χ1n) is 14.3. The first kappa shape index (κ1) is 30.2. The van der Waals surface area contributed by atoms with E-state index in [1.165, 1.54) is 11.8 Å². The maximum absolute atomic E-state index is 14.1. The summed E-state index contributed by atoms with van der Waals surface area (Å²) in [5.74, 6) is -0.430. The quantitative estimate of drug-likeness (QED) is 0.199. The Kier molecular flexibility index (Phi) is 10.0. The molecule has 4 aromatic rings. The number of nitrogens with zero attached hydrogens (tertiary/aromatic N) is 5. The van der Waals surface area contributed by atoms with Gasteiger partial charge >= 0.3 is 0 Å². The summed E-state index contributed by atoms with van der Waals surface area (Å²) in [7, 11) is 0. The molecule has 1 fully saturated rings. The van der Waals surface area contributed by atoms with Gasteiger partial charge in [-0.2, -0.15) is 0 Å². The minimum absolute atomic E-state index is 0.0764. The van der Waals surface area contributed by atoms with Crippen molar-refractivity contribution in [2.75, 3.05) is 42.3 Å². The lowest BCUT2D eigenvalue weighted by atomic mass is 10.0. The van der Waals surface area contributed by atoms with Crippen molar-refractivity contribution in [3.05, 3.63) is 107 Å². The van der Waals surface area contributed by atoms with E-state index >= 15 is 0 Å². The highest BCUT2D eigenvalue weighted by Crippen LogP contribution is 2.28. The van der Waals surface area contributed by atoms with Crippen LogP contribution in [0.4, 0.5) is 11.4 Å². The maximum Gasteiger partial charge on any atom is 0.251 e. The second-order valence-electron chi connectivity index (χ2n) is 10.6. The van der Waals surface area contributed by atoms with Crippen molar-refractivity contribution in [1.29, 1.82) is 0 Å². The molecule has 2 amide bonds. The van der Waals surface area contributed by atoms with Crippen LogP contribution in [0.2, 0.25) is 0 Å². The molecule has 5 rings (SSSR count). The first-order valence-corrected chi connectivity index (χ1v) is 15.3. The molecule has 1 atom stereocenters. The zero-order valence-corrected chi connectivity index (χ0v) is 25.5. The molecule has 1 aliphatic rings. The Morgan fingerprint density at radius 1 is 0.977 bits per heavy atom. The predicted molar refractivity (Wildman–Crippen MR) is 169 cm³/mol. The molecular formula is C33H36N6O3S. The number of aryl methyl sites for hydroxylation is 3. The second-order valence-corrected chi connectivity index (χ2v) is 11.5. The summed E-state index contributed by atoms with van der Waals surface area (Å²) < 4.78 is 5.47. The summed E-state index contributed by atoms with van der Waals surface area (Å²) in [6, 6.07) is 20.3. The first-order chi connectivity index (χ1) is 20.9. The van der Waals surface area contributed by atoms with E-state index in [9.17, 15) is 9.59 Å². The molecule has 0 saturated carbocycles. The predicted octanol–water partition coefficient (Wildman–Crippen LogP) is 5.13. The SMILES string of the molecule is Cc1ccc(C(C(=O)Nc2ccc(N3CCOCC3)cc2)N(Cc2cccnc2)C(=O)CSc2nc(C)cc(C)n2)cc1. The number of carbonyl (C=O) groups excluding carboxylic acids is 2. The summed E-state index contributed by atoms with van der Waals surface area (Å²) in [6.07, 6.45) is 3.41. The standard InChI is InChI=1S/C33H36N6O3S/c1-23-6-8-27(9-7-23)31(32(41)37-28-10-12-29(13-11-28)38-15-17-42-18-16-38)39(21-26-5-4-14-34-20-26)30(40)22-43-33-35-24(2)19-25(3)36-33/h4-14,19-20,31H,15-18,21-22H2,1-3H3,(H,37,41). The lowest BCUT2D eigenvalue weighted by Gasteiger charge is -2.32. The molecule has 3 heterocycles. The Balaban J connectivity index is 1.43. The minimum Gasteiger partial charge on any atom is -0.378 e. The molecule has 0 bridgehead atoms. The lowest BCUT2D eigenvalue weighted by molar-refractivity contribution is -0.137. The van der Waals surface area contributed by atoms with E-state index < -0.39 is 6.04 Å². The van der Waals surface area contributed by atoms with Gasteiger partial charge in [-0.15, -0.1) is 0 Å². The highest BCUT2D eigenvalue weighted by atomic mass is 32.2. The molecule has 10 heteroatoms. The fraction of sp³-hybridized carbons (Fsp3) is 0.303. The summed E-state index contributed by atoms with van der Waals surface area (Å²) in [5.41, 5.74) is 6.02.